The summed E-state index contributed by atoms with van der Waals surface area (Å²) >= 11 is 0. The van der Waals surface area contributed by atoms with Crippen molar-refractivity contribution in [3.05, 3.63) is 0 Å². The Morgan fingerprint density at radius 2 is 1.62 bits per heavy atom. The van der Waals surface area contributed by atoms with Crippen molar-refractivity contribution >= 4 is 0 Å². The highest BCUT2D eigenvalue weighted by molar-refractivity contribution is 4.92. The molecule has 0 spiro atoms. The number of ether oxygens (including phenoxy) is 1. The van der Waals surface area contributed by atoms with E-state index in [1.807, 2.05) is 0 Å². The third kappa shape index (κ3) is 1.67. The monoisotopic (exact) mass is 196 g/mol. The van der Waals surface area contributed by atoms with Gasteiger partial charge in [-0.2, -0.15) is 0 Å². The molecule has 0 radical (unpaired) electrons. The minimum atomic E-state index is -2.45. The van der Waals surface area contributed by atoms with Crippen molar-refractivity contribution in [2.24, 2.45) is 0 Å². The smallest absolute Gasteiger partial charge is 0.221 e. The van der Waals surface area contributed by atoms with Crippen molar-refractivity contribution in [3.8, 4) is 0 Å². The fourth-order valence-electron chi connectivity index (χ4n) is 1.10. The second-order valence-corrected chi connectivity index (χ2v) is 2.94. The molecule has 1 heterocycles. The molecule has 5 atom stereocenters. The van der Waals surface area contributed by atoms with Crippen molar-refractivity contribution in [3.63, 3.8) is 0 Å². The van der Waals surface area contributed by atoms with Crippen LogP contribution in [0.15, 0.2) is 0 Å². The molecule has 7 nitrogen and oxygen atoms in total. The molecule has 7 heteroatoms. The van der Waals surface area contributed by atoms with Gasteiger partial charge in [-0.25, -0.2) is 0 Å². The van der Waals surface area contributed by atoms with Gasteiger partial charge in [-0.3, -0.25) is 0 Å². The van der Waals surface area contributed by atoms with Gasteiger partial charge in [0, 0.05) is 0 Å². The molecule has 13 heavy (non-hydrogen) atoms. The van der Waals surface area contributed by atoms with Crippen molar-refractivity contribution < 1.29 is 35.4 Å². The second kappa shape index (κ2) is 3.46. The summed E-state index contributed by atoms with van der Waals surface area (Å²) in [5, 5.41) is 53.9. The van der Waals surface area contributed by atoms with E-state index < -0.39 is 37.0 Å². The molecule has 0 aromatic rings. The van der Waals surface area contributed by atoms with Gasteiger partial charge in [-0.05, 0) is 0 Å². The number of aliphatic hydroxyl groups excluding tert-OH is 5. The van der Waals surface area contributed by atoms with Crippen molar-refractivity contribution in [2.45, 2.75) is 30.4 Å². The Balaban J connectivity index is 2.82. The van der Waals surface area contributed by atoms with Crippen molar-refractivity contribution in [1.82, 2.24) is 0 Å². The molecule has 0 bridgehead atoms. The van der Waals surface area contributed by atoms with Crippen LogP contribution in [-0.2, 0) is 4.74 Å². The average Bonchev–Trinajstić information content (AvgIpc) is 2.12. The van der Waals surface area contributed by atoms with Crippen molar-refractivity contribution in [2.75, 3.05) is 6.61 Å². The van der Waals surface area contributed by atoms with Crippen LogP contribution in [0, 0.1) is 0 Å². The number of hydrogen-bond donors (Lipinski definition) is 6. The lowest BCUT2D eigenvalue weighted by molar-refractivity contribution is -0.390. The lowest BCUT2D eigenvalue weighted by atomic mass is 9.96. The molecule has 0 saturated carbocycles. The lowest BCUT2D eigenvalue weighted by Crippen LogP contribution is -2.65. The van der Waals surface area contributed by atoms with Crippen LogP contribution in [0.25, 0.3) is 0 Å². The molecule has 1 fully saturated rings. The van der Waals surface area contributed by atoms with Crippen LogP contribution >= 0.6 is 0 Å². The third-order valence-electron chi connectivity index (χ3n) is 1.98. The molecule has 6 N–H and O–H groups in total. The molecule has 1 aliphatic rings. The summed E-state index contributed by atoms with van der Waals surface area (Å²) in [4.78, 5) is 0. The van der Waals surface area contributed by atoms with E-state index in [0.29, 0.717) is 0 Å². The van der Waals surface area contributed by atoms with E-state index >= 15 is 0 Å². The van der Waals surface area contributed by atoms with E-state index in [1.165, 1.54) is 0 Å². The van der Waals surface area contributed by atoms with Gasteiger partial charge in [-0.1, -0.05) is 0 Å². The van der Waals surface area contributed by atoms with Gasteiger partial charge in [0.1, 0.15) is 18.3 Å². The van der Waals surface area contributed by atoms with Crippen molar-refractivity contribution in [1.29, 1.82) is 0 Å². The van der Waals surface area contributed by atoms with E-state index in [9.17, 15) is 5.11 Å². The van der Waals surface area contributed by atoms with E-state index in [4.69, 9.17) is 25.5 Å². The first-order chi connectivity index (χ1) is 5.92. The summed E-state index contributed by atoms with van der Waals surface area (Å²) in [5.41, 5.74) is 0. The molecule has 2 unspecified atom stereocenters. The predicted molar refractivity (Wildman–Crippen MR) is 37.1 cm³/mol. The first-order valence-electron chi connectivity index (χ1n) is 3.65. The van der Waals surface area contributed by atoms with E-state index in [1.54, 1.807) is 0 Å². The number of hydrogen-bond acceptors (Lipinski definition) is 7. The van der Waals surface area contributed by atoms with Crippen LogP contribution in [0.4, 0.5) is 0 Å². The molecule has 1 saturated heterocycles. The first kappa shape index (κ1) is 10.8. The Bertz CT molecular complexity index is 186. The molecule has 1 aliphatic heterocycles. The molecule has 1 rings (SSSR count). The zero-order chi connectivity index (χ0) is 10.2. The van der Waals surface area contributed by atoms with Gasteiger partial charge in [-0.15, -0.1) is 0 Å². The van der Waals surface area contributed by atoms with E-state index in [-0.39, 0.29) is 0 Å². The van der Waals surface area contributed by atoms with Crippen LogP contribution in [-0.4, -0.2) is 67.6 Å². The fraction of sp³-hybridized carbons (Fsp3) is 1.00. The maximum Gasteiger partial charge on any atom is 0.221 e. The molecule has 0 aromatic carbocycles. The molecule has 0 aromatic heterocycles. The quantitative estimate of drug-likeness (QED) is 0.253. The molecule has 78 valence electrons. The third-order valence-corrected chi connectivity index (χ3v) is 1.98. The highest BCUT2D eigenvalue weighted by Gasteiger charge is 2.52. The lowest BCUT2D eigenvalue weighted by Gasteiger charge is -2.42. The standard InChI is InChI=1S/C6H12O7/c7-1-6(12)4(10)2(8)3(9)5(11)13-6/h2-5,7-12H,1H2/t2-,3-,4+,5?,6?/m1/s1. The Hall–Kier alpha value is -0.280. The number of rotatable bonds is 1. The molecular formula is C6H12O7. The Labute approximate surface area is 73.4 Å². The van der Waals surface area contributed by atoms with E-state index in [0.717, 1.165) is 0 Å². The highest BCUT2D eigenvalue weighted by atomic mass is 16.7. The van der Waals surface area contributed by atoms with Gasteiger partial charge in [0.15, 0.2) is 6.29 Å². The predicted octanol–water partition coefficient (Wildman–Crippen LogP) is -3.90. The fourth-order valence-corrected chi connectivity index (χ4v) is 1.10. The van der Waals surface area contributed by atoms with Gasteiger partial charge < -0.3 is 35.4 Å². The van der Waals surface area contributed by atoms with Crippen LogP contribution in [0.3, 0.4) is 0 Å². The summed E-state index contributed by atoms with van der Waals surface area (Å²) in [7, 11) is 0. The first-order valence-corrected chi connectivity index (χ1v) is 3.65. The highest BCUT2D eigenvalue weighted by Crippen LogP contribution is 2.26. The van der Waals surface area contributed by atoms with Gasteiger partial charge in [0.25, 0.3) is 0 Å². The normalized spacial score (nSPS) is 52.2. The molecule has 0 amide bonds. The van der Waals surface area contributed by atoms with Crippen LogP contribution in [0.5, 0.6) is 0 Å². The maximum atomic E-state index is 9.25. The summed E-state index contributed by atoms with van der Waals surface area (Å²) in [5.74, 6) is -2.45. The second-order valence-electron chi connectivity index (χ2n) is 2.94. The maximum absolute atomic E-state index is 9.25. The minimum absolute atomic E-state index is 1.00. The van der Waals surface area contributed by atoms with Gasteiger partial charge >= 0.3 is 0 Å². The molecule has 0 aliphatic carbocycles. The Kier molecular flexibility index (Phi) is 2.88. The van der Waals surface area contributed by atoms with E-state index in [2.05, 4.69) is 4.74 Å². The Morgan fingerprint density at radius 1 is 1.08 bits per heavy atom. The average molecular weight is 196 g/mol. The van der Waals surface area contributed by atoms with Gasteiger partial charge in [0.2, 0.25) is 5.79 Å². The van der Waals surface area contributed by atoms with Gasteiger partial charge in [0.05, 0.1) is 6.61 Å². The molecular weight excluding hydrogens is 184 g/mol. The van der Waals surface area contributed by atoms with Crippen LogP contribution in [0.1, 0.15) is 0 Å². The summed E-state index contributed by atoms with van der Waals surface area (Å²) in [6, 6.07) is 0. The minimum Gasteiger partial charge on any atom is -0.391 e. The van der Waals surface area contributed by atoms with Crippen LogP contribution < -0.4 is 0 Å². The SMILES string of the molecule is OCC1(O)OC(O)[C@H](O)[C@@H](O)[C@@H]1O. The summed E-state index contributed by atoms with van der Waals surface area (Å²) in [6.45, 7) is -1.00. The Morgan fingerprint density at radius 3 is 2.08 bits per heavy atom. The largest absolute Gasteiger partial charge is 0.391 e. The summed E-state index contributed by atoms with van der Waals surface area (Å²) in [6.07, 6.45) is -7.23. The topological polar surface area (TPSA) is 131 Å². The zero-order valence-electron chi connectivity index (χ0n) is 6.61. The zero-order valence-corrected chi connectivity index (χ0v) is 6.61. The number of aliphatic hydroxyl groups is 6. The van der Waals surface area contributed by atoms with Crippen LogP contribution in [0.2, 0.25) is 0 Å². The summed E-state index contributed by atoms with van der Waals surface area (Å²) < 4.78 is 4.32.